The second-order valence-electron chi connectivity index (χ2n) is 9.27. The number of fused-ring (bicyclic) bond motifs is 1. The fraction of sp³-hybridized carbons (Fsp3) is 0.161. The van der Waals surface area contributed by atoms with Gasteiger partial charge in [-0.05, 0) is 61.2 Å². The van der Waals surface area contributed by atoms with Crippen LogP contribution in [0.25, 0.3) is 22.3 Å². The molecule has 2 aromatic carbocycles. The number of aromatic nitrogens is 3. The van der Waals surface area contributed by atoms with Crippen molar-refractivity contribution < 1.29 is 14.3 Å². The number of thiophene rings is 1. The maximum atomic E-state index is 14.1. The monoisotopic (exact) mass is 582 g/mol. The zero-order valence-electron chi connectivity index (χ0n) is 22.6. The number of hydrogen-bond donors (Lipinski definition) is 0. The van der Waals surface area contributed by atoms with Crippen LogP contribution in [-0.4, -0.2) is 34.0 Å². The highest BCUT2D eigenvalue weighted by Crippen LogP contribution is 2.32. The molecule has 4 heterocycles. The second-order valence-corrected chi connectivity index (χ2v) is 11.2. The van der Waals surface area contributed by atoms with E-state index in [4.69, 9.17) is 14.6 Å². The Labute approximate surface area is 243 Å². The van der Waals surface area contributed by atoms with Gasteiger partial charge in [-0.1, -0.05) is 47.7 Å². The molecule has 1 atom stereocenters. The van der Waals surface area contributed by atoms with E-state index in [1.54, 1.807) is 36.9 Å². The molecule has 41 heavy (non-hydrogen) atoms. The van der Waals surface area contributed by atoms with E-state index in [0.29, 0.717) is 26.4 Å². The molecule has 5 aromatic rings. The number of methoxy groups -OCH3 is 1. The average molecular weight is 583 g/mol. The Morgan fingerprint density at radius 3 is 2.54 bits per heavy atom. The van der Waals surface area contributed by atoms with E-state index >= 15 is 0 Å². The summed E-state index contributed by atoms with van der Waals surface area (Å²) in [4.78, 5) is 33.4. The Hall–Kier alpha value is -4.54. The lowest BCUT2D eigenvalue weighted by Crippen LogP contribution is -2.39. The van der Waals surface area contributed by atoms with Gasteiger partial charge in [0.25, 0.3) is 5.56 Å². The number of rotatable bonds is 7. The van der Waals surface area contributed by atoms with Crippen LogP contribution in [0.1, 0.15) is 31.0 Å². The molecule has 0 radical (unpaired) electrons. The Morgan fingerprint density at radius 1 is 1.07 bits per heavy atom. The van der Waals surface area contributed by atoms with Gasteiger partial charge in [-0.3, -0.25) is 9.36 Å². The first-order chi connectivity index (χ1) is 20.0. The number of para-hydroxylation sites is 1. The minimum atomic E-state index is -0.692. The highest BCUT2D eigenvalue weighted by Gasteiger charge is 2.33. The van der Waals surface area contributed by atoms with Crippen molar-refractivity contribution in [2.45, 2.75) is 19.9 Å². The van der Waals surface area contributed by atoms with Crippen LogP contribution < -0.4 is 19.6 Å². The number of carbonyl (C=O) groups excluding carboxylic acids is 1. The Kier molecular flexibility index (Phi) is 7.25. The number of nitrogens with zero attached hydrogens (tertiary/aromatic N) is 4. The molecule has 0 bridgehead atoms. The van der Waals surface area contributed by atoms with Gasteiger partial charge in [-0.15, -0.1) is 11.3 Å². The van der Waals surface area contributed by atoms with Gasteiger partial charge in [0.05, 0.1) is 46.1 Å². The predicted molar refractivity (Wildman–Crippen MR) is 160 cm³/mol. The predicted octanol–water partition coefficient (Wildman–Crippen LogP) is 4.72. The molecule has 0 saturated carbocycles. The van der Waals surface area contributed by atoms with E-state index in [1.807, 2.05) is 89.1 Å². The van der Waals surface area contributed by atoms with Gasteiger partial charge in [-0.25, -0.2) is 14.5 Å². The smallest absolute Gasteiger partial charge is 0.338 e. The number of allylic oxidation sites excluding steroid dienone is 1. The van der Waals surface area contributed by atoms with Gasteiger partial charge in [0.1, 0.15) is 11.4 Å². The molecule has 1 aliphatic rings. The first-order valence-corrected chi connectivity index (χ1v) is 14.7. The highest BCUT2D eigenvalue weighted by atomic mass is 32.1. The minimum Gasteiger partial charge on any atom is -0.497 e. The number of carbonyl (C=O) groups is 1. The van der Waals surface area contributed by atoms with E-state index in [-0.39, 0.29) is 12.2 Å². The van der Waals surface area contributed by atoms with Gasteiger partial charge in [0, 0.05) is 11.8 Å². The van der Waals surface area contributed by atoms with Gasteiger partial charge >= 0.3 is 5.97 Å². The number of benzene rings is 2. The van der Waals surface area contributed by atoms with Crippen molar-refractivity contribution in [3.05, 3.63) is 120 Å². The number of ether oxygens (including phenoxy) is 2. The van der Waals surface area contributed by atoms with Crippen molar-refractivity contribution in [2.24, 2.45) is 4.99 Å². The van der Waals surface area contributed by atoms with Crippen LogP contribution in [-0.2, 0) is 9.53 Å². The van der Waals surface area contributed by atoms with Crippen molar-refractivity contribution in [1.82, 2.24) is 14.3 Å². The molecule has 1 aliphatic heterocycles. The van der Waals surface area contributed by atoms with Gasteiger partial charge in [0.15, 0.2) is 4.80 Å². The summed E-state index contributed by atoms with van der Waals surface area (Å²) in [5.41, 5.74) is 3.88. The molecule has 206 valence electrons. The lowest BCUT2D eigenvalue weighted by atomic mass is 9.96. The van der Waals surface area contributed by atoms with E-state index < -0.39 is 12.0 Å². The van der Waals surface area contributed by atoms with Crippen LogP contribution in [0, 0.1) is 0 Å². The molecule has 0 N–H and O–H groups in total. The normalized spacial score (nSPS) is 15.0. The fourth-order valence-corrected chi connectivity index (χ4v) is 6.61. The van der Waals surface area contributed by atoms with Crippen LogP contribution in [0.3, 0.4) is 0 Å². The SMILES string of the molecule is CCOC(=O)C1=C(C)N=c2s/c(=C/c3cn(-c4ccccc4)nc3-c3cccs3)c(=O)n2[C@H]1c1ccc(OC)cc1. The number of thiazole rings is 1. The summed E-state index contributed by atoms with van der Waals surface area (Å²) in [7, 11) is 1.59. The molecular weight excluding hydrogens is 556 g/mol. The van der Waals surface area contributed by atoms with E-state index in [9.17, 15) is 9.59 Å². The molecule has 0 spiro atoms. The lowest BCUT2D eigenvalue weighted by Gasteiger charge is -2.24. The number of esters is 1. The molecular formula is C31H26N4O4S2. The van der Waals surface area contributed by atoms with Crippen LogP contribution in [0.5, 0.6) is 5.75 Å². The molecule has 0 amide bonds. The first kappa shape index (κ1) is 26.7. The number of hydrogen-bond acceptors (Lipinski definition) is 8. The van der Waals surface area contributed by atoms with Crippen LogP contribution >= 0.6 is 22.7 Å². The summed E-state index contributed by atoms with van der Waals surface area (Å²) in [6.45, 7) is 3.75. The van der Waals surface area contributed by atoms with Crippen LogP contribution in [0.4, 0.5) is 0 Å². The third-order valence-corrected chi connectivity index (χ3v) is 8.61. The van der Waals surface area contributed by atoms with Crippen molar-refractivity contribution in [3.63, 3.8) is 0 Å². The summed E-state index contributed by atoms with van der Waals surface area (Å²) in [5.74, 6) is 0.184. The zero-order chi connectivity index (χ0) is 28.5. The minimum absolute atomic E-state index is 0.215. The maximum Gasteiger partial charge on any atom is 0.338 e. The second kappa shape index (κ2) is 11.1. The van der Waals surface area contributed by atoms with Crippen molar-refractivity contribution in [2.75, 3.05) is 13.7 Å². The standard InChI is InChI=1S/C31H26N4O4S2/c1-4-39-30(37)26-19(2)32-31-35(28(26)20-12-14-23(38-3)15-13-20)29(36)25(41-31)17-21-18-34(22-9-6-5-7-10-22)33-27(21)24-11-8-16-40-24/h5-18,28H,4H2,1-3H3/b25-17+/t28-/m0/s1. The average Bonchev–Trinajstić information content (AvgIpc) is 3.73. The molecule has 0 saturated heterocycles. The quantitative estimate of drug-likeness (QED) is 0.259. The van der Waals surface area contributed by atoms with Crippen LogP contribution in [0.15, 0.2) is 99.4 Å². The van der Waals surface area contributed by atoms with Crippen molar-refractivity contribution in [1.29, 1.82) is 0 Å². The van der Waals surface area contributed by atoms with E-state index in [0.717, 1.165) is 27.4 Å². The molecule has 0 unspecified atom stereocenters. The van der Waals surface area contributed by atoms with Gasteiger partial charge in [0.2, 0.25) is 0 Å². The summed E-state index contributed by atoms with van der Waals surface area (Å²) in [6.07, 6.45) is 3.79. The third-order valence-electron chi connectivity index (χ3n) is 6.75. The Morgan fingerprint density at radius 2 is 1.85 bits per heavy atom. The molecule has 0 fully saturated rings. The molecule has 6 rings (SSSR count). The van der Waals surface area contributed by atoms with Crippen molar-refractivity contribution >= 4 is 34.7 Å². The lowest BCUT2D eigenvalue weighted by molar-refractivity contribution is -0.139. The summed E-state index contributed by atoms with van der Waals surface area (Å²) in [6, 6.07) is 20.5. The van der Waals surface area contributed by atoms with E-state index in [2.05, 4.69) is 4.99 Å². The highest BCUT2D eigenvalue weighted by molar-refractivity contribution is 7.13. The third kappa shape index (κ3) is 4.96. The fourth-order valence-electron chi connectivity index (χ4n) is 4.85. The van der Waals surface area contributed by atoms with Gasteiger partial charge in [-0.2, -0.15) is 5.10 Å². The Bertz CT molecular complexity index is 1930. The topological polar surface area (TPSA) is 87.7 Å². The van der Waals surface area contributed by atoms with Crippen LogP contribution in [0.2, 0.25) is 0 Å². The molecule has 8 nitrogen and oxygen atoms in total. The van der Waals surface area contributed by atoms with Crippen molar-refractivity contribution in [3.8, 4) is 22.0 Å². The summed E-state index contributed by atoms with van der Waals surface area (Å²) in [5, 5.41) is 6.87. The molecule has 3 aromatic heterocycles. The Balaban J connectivity index is 1.54. The summed E-state index contributed by atoms with van der Waals surface area (Å²) < 4.78 is 14.6. The summed E-state index contributed by atoms with van der Waals surface area (Å²) >= 11 is 2.88. The first-order valence-electron chi connectivity index (χ1n) is 13.0. The molecule has 10 heteroatoms. The zero-order valence-corrected chi connectivity index (χ0v) is 24.2. The van der Waals surface area contributed by atoms with E-state index in [1.165, 1.54) is 11.3 Å². The maximum absolute atomic E-state index is 14.1. The largest absolute Gasteiger partial charge is 0.497 e. The van der Waals surface area contributed by atoms with Gasteiger partial charge < -0.3 is 9.47 Å². The molecule has 0 aliphatic carbocycles.